The number of hydrogen-bond donors (Lipinski definition) is 3. The molecule has 242 valence electrons. The van der Waals surface area contributed by atoms with Crippen LogP contribution in [0.25, 0.3) is 0 Å². The van der Waals surface area contributed by atoms with Crippen molar-refractivity contribution in [2.45, 2.75) is 82.2 Å². The van der Waals surface area contributed by atoms with E-state index in [0.717, 1.165) is 37.8 Å². The molecule has 3 atom stereocenters. The Labute approximate surface area is 257 Å². The van der Waals surface area contributed by atoms with Crippen molar-refractivity contribution in [3.05, 3.63) is 42.2 Å². The Hall–Kier alpha value is -3.41. The molecule has 3 aliphatic rings. The van der Waals surface area contributed by atoms with Crippen LogP contribution in [-0.2, 0) is 19.2 Å². The summed E-state index contributed by atoms with van der Waals surface area (Å²) in [5, 5.41) is 7.53. The van der Waals surface area contributed by atoms with E-state index >= 15 is 4.39 Å². The van der Waals surface area contributed by atoms with Crippen molar-refractivity contribution in [3.63, 3.8) is 0 Å². The first kappa shape index (κ1) is 33.5. The number of piperazine rings is 1. The van der Waals surface area contributed by atoms with Gasteiger partial charge in [0.2, 0.25) is 17.7 Å². The maximum atomic E-state index is 15.6. The molecule has 0 spiro atoms. The standard InChI is InChI=1S/C32H44F3N5O4/c1-4-26(41)36-20(2)27(30(43)40-17-15-39(3)16-18-40)22-11-14-25(24(33)19-22)37-29(42)28(21-9-7-5-6-8-10-21)38-31(44)32(34,35)23-12-13-23/h4,11,14,19-21,23,27-28H,1,5-10,12-13,15-18H2,2-3H3,(H,36,41)(H,37,42)(H,38,44)/t20-,27-,28+/m1/s1. The number of halogens is 3. The molecular formula is C32H44F3N5O4. The summed E-state index contributed by atoms with van der Waals surface area (Å²) in [6, 6.07) is 2.03. The van der Waals surface area contributed by atoms with Gasteiger partial charge in [-0.2, -0.15) is 8.78 Å². The molecule has 1 aromatic carbocycles. The van der Waals surface area contributed by atoms with E-state index in [0.29, 0.717) is 44.6 Å². The van der Waals surface area contributed by atoms with Gasteiger partial charge in [0.1, 0.15) is 11.9 Å². The second-order valence-electron chi connectivity index (χ2n) is 12.4. The molecule has 0 radical (unpaired) electrons. The molecule has 1 saturated heterocycles. The van der Waals surface area contributed by atoms with Crippen LogP contribution in [0.1, 0.15) is 69.8 Å². The van der Waals surface area contributed by atoms with E-state index < -0.39 is 53.4 Å². The highest BCUT2D eigenvalue weighted by molar-refractivity contribution is 5.98. The first-order valence-electron chi connectivity index (χ1n) is 15.6. The number of hydrogen-bond acceptors (Lipinski definition) is 5. The van der Waals surface area contributed by atoms with E-state index in [1.807, 2.05) is 7.05 Å². The second kappa shape index (κ2) is 14.6. The smallest absolute Gasteiger partial charge is 0.327 e. The van der Waals surface area contributed by atoms with E-state index in [9.17, 15) is 28.0 Å². The summed E-state index contributed by atoms with van der Waals surface area (Å²) in [6.07, 6.45) is 6.28. The zero-order valence-corrected chi connectivity index (χ0v) is 25.5. The van der Waals surface area contributed by atoms with Gasteiger partial charge in [0.15, 0.2) is 0 Å². The number of likely N-dealkylation sites (N-methyl/N-ethyl adjacent to an activating group) is 1. The molecule has 2 saturated carbocycles. The van der Waals surface area contributed by atoms with E-state index in [1.54, 1.807) is 11.8 Å². The van der Waals surface area contributed by atoms with Crippen LogP contribution >= 0.6 is 0 Å². The summed E-state index contributed by atoms with van der Waals surface area (Å²) in [4.78, 5) is 55.6. The van der Waals surface area contributed by atoms with Crippen molar-refractivity contribution < 1.29 is 32.3 Å². The topological polar surface area (TPSA) is 111 Å². The van der Waals surface area contributed by atoms with Gasteiger partial charge in [-0.3, -0.25) is 19.2 Å². The summed E-state index contributed by atoms with van der Waals surface area (Å²) in [6.45, 7) is 7.44. The molecule has 12 heteroatoms. The van der Waals surface area contributed by atoms with Gasteiger partial charge >= 0.3 is 5.92 Å². The van der Waals surface area contributed by atoms with Crippen LogP contribution < -0.4 is 16.0 Å². The van der Waals surface area contributed by atoms with Crippen molar-refractivity contribution in [1.29, 1.82) is 0 Å². The summed E-state index contributed by atoms with van der Waals surface area (Å²) < 4.78 is 44.8. The third-order valence-electron chi connectivity index (χ3n) is 9.08. The fraction of sp³-hybridized carbons (Fsp3) is 0.625. The summed E-state index contributed by atoms with van der Waals surface area (Å²) in [5.41, 5.74) is 0.105. The Morgan fingerprint density at radius 2 is 1.61 bits per heavy atom. The number of anilines is 1. The van der Waals surface area contributed by atoms with E-state index in [-0.39, 0.29) is 30.4 Å². The first-order valence-corrected chi connectivity index (χ1v) is 15.6. The minimum Gasteiger partial charge on any atom is -0.349 e. The van der Waals surface area contributed by atoms with Gasteiger partial charge in [-0.1, -0.05) is 38.3 Å². The molecule has 0 aromatic heterocycles. The molecule has 4 rings (SSSR count). The molecule has 0 bridgehead atoms. The average Bonchev–Trinajstić information content (AvgIpc) is 3.86. The lowest BCUT2D eigenvalue weighted by Crippen LogP contribution is -2.53. The van der Waals surface area contributed by atoms with Crippen molar-refractivity contribution in [3.8, 4) is 0 Å². The minimum atomic E-state index is -3.57. The third kappa shape index (κ3) is 8.19. The van der Waals surface area contributed by atoms with Crippen LogP contribution in [0.2, 0.25) is 0 Å². The Kier molecular flexibility index (Phi) is 11.1. The molecule has 44 heavy (non-hydrogen) atoms. The van der Waals surface area contributed by atoms with E-state index in [4.69, 9.17) is 0 Å². The number of carbonyl (C=O) groups excluding carboxylic acids is 4. The predicted molar refractivity (Wildman–Crippen MR) is 160 cm³/mol. The molecule has 9 nitrogen and oxygen atoms in total. The van der Waals surface area contributed by atoms with Gasteiger partial charge in [0, 0.05) is 38.1 Å². The van der Waals surface area contributed by atoms with Crippen LogP contribution in [-0.4, -0.2) is 84.7 Å². The Bertz CT molecular complexity index is 1220. The van der Waals surface area contributed by atoms with Gasteiger partial charge < -0.3 is 25.8 Å². The van der Waals surface area contributed by atoms with Gasteiger partial charge in [0.05, 0.1) is 11.6 Å². The number of alkyl halides is 2. The molecule has 1 aliphatic heterocycles. The highest BCUT2D eigenvalue weighted by Gasteiger charge is 2.53. The second-order valence-corrected chi connectivity index (χ2v) is 12.4. The molecule has 1 heterocycles. The molecule has 3 fully saturated rings. The Balaban J connectivity index is 1.55. The quantitative estimate of drug-likeness (QED) is 0.258. The maximum absolute atomic E-state index is 15.6. The van der Waals surface area contributed by atoms with Crippen LogP contribution in [0.3, 0.4) is 0 Å². The first-order chi connectivity index (χ1) is 20.9. The largest absolute Gasteiger partial charge is 0.349 e. The molecule has 1 aromatic rings. The molecular weight excluding hydrogens is 575 g/mol. The zero-order chi connectivity index (χ0) is 32.0. The molecule has 0 unspecified atom stereocenters. The van der Waals surface area contributed by atoms with Gasteiger partial charge in [-0.25, -0.2) is 4.39 Å². The monoisotopic (exact) mass is 619 g/mol. The molecule has 2 aliphatic carbocycles. The predicted octanol–water partition coefficient (Wildman–Crippen LogP) is 3.81. The maximum Gasteiger partial charge on any atom is 0.327 e. The average molecular weight is 620 g/mol. The summed E-state index contributed by atoms with van der Waals surface area (Å²) in [7, 11) is 1.96. The van der Waals surface area contributed by atoms with Crippen molar-refractivity contribution in [2.75, 3.05) is 38.5 Å². The summed E-state index contributed by atoms with van der Waals surface area (Å²) >= 11 is 0. The lowest BCUT2D eigenvalue weighted by Gasteiger charge is -2.36. The molecule has 4 amide bonds. The van der Waals surface area contributed by atoms with E-state index in [1.165, 1.54) is 12.1 Å². The number of nitrogens with zero attached hydrogens (tertiary/aromatic N) is 2. The summed E-state index contributed by atoms with van der Waals surface area (Å²) in [5.74, 6) is -9.67. The zero-order valence-electron chi connectivity index (χ0n) is 25.5. The SMILES string of the molecule is C=CC(=O)N[C@H](C)[C@@H](C(=O)N1CCN(C)CC1)c1ccc(NC(=O)[C@@H](NC(=O)C(F)(F)C2CC2)C2CCCCCC2)c(F)c1. The Morgan fingerprint density at radius 3 is 2.18 bits per heavy atom. The van der Waals surface area contributed by atoms with E-state index in [2.05, 4.69) is 27.4 Å². The lowest BCUT2D eigenvalue weighted by molar-refractivity contribution is -0.151. The Morgan fingerprint density at radius 1 is 0.977 bits per heavy atom. The van der Waals surface area contributed by atoms with Gasteiger partial charge in [-0.05, 0) is 69.3 Å². The van der Waals surface area contributed by atoms with Crippen LogP contribution in [0.5, 0.6) is 0 Å². The highest BCUT2D eigenvalue weighted by Crippen LogP contribution is 2.43. The van der Waals surface area contributed by atoms with Gasteiger partial charge in [-0.15, -0.1) is 0 Å². The normalized spacial score (nSPS) is 20.5. The third-order valence-corrected chi connectivity index (χ3v) is 9.08. The fourth-order valence-electron chi connectivity index (χ4n) is 6.18. The minimum absolute atomic E-state index is 0.200. The number of benzene rings is 1. The fourth-order valence-corrected chi connectivity index (χ4v) is 6.18. The van der Waals surface area contributed by atoms with Gasteiger partial charge in [0.25, 0.3) is 5.91 Å². The number of amides is 4. The number of rotatable bonds is 11. The van der Waals surface area contributed by atoms with Crippen LogP contribution in [0, 0.1) is 17.7 Å². The highest BCUT2D eigenvalue weighted by atomic mass is 19.3. The number of carbonyl (C=O) groups is 4. The lowest BCUT2D eigenvalue weighted by atomic mass is 9.89. The van der Waals surface area contributed by atoms with Crippen molar-refractivity contribution in [2.24, 2.45) is 11.8 Å². The molecule has 3 N–H and O–H groups in total. The van der Waals surface area contributed by atoms with Crippen LogP contribution in [0.4, 0.5) is 18.9 Å². The van der Waals surface area contributed by atoms with Crippen molar-refractivity contribution in [1.82, 2.24) is 20.4 Å². The van der Waals surface area contributed by atoms with Crippen LogP contribution in [0.15, 0.2) is 30.9 Å². The number of nitrogens with one attached hydrogen (secondary N) is 3. The van der Waals surface area contributed by atoms with Crippen molar-refractivity contribution >= 4 is 29.3 Å².